The normalized spacial score (nSPS) is 18.1. The van der Waals surface area contributed by atoms with Gasteiger partial charge < -0.3 is 0 Å². The predicted octanol–water partition coefficient (Wildman–Crippen LogP) is 5.52. The molecule has 0 bridgehead atoms. The highest BCUT2D eigenvalue weighted by Gasteiger charge is 2.12. The van der Waals surface area contributed by atoms with E-state index < -0.39 is 0 Å². The molecule has 0 heteroatoms. The molecule has 1 aromatic carbocycles. The molecule has 1 atom stereocenters. The molecule has 20 heavy (non-hydrogen) atoms. The van der Waals surface area contributed by atoms with Gasteiger partial charge in [0.15, 0.2) is 0 Å². The molecule has 0 saturated carbocycles. The molecular weight excluding hydrogens is 240 g/mol. The quantitative estimate of drug-likeness (QED) is 0.630. The number of hydrogen-bond donors (Lipinski definition) is 0. The van der Waals surface area contributed by atoms with Gasteiger partial charge in [0.1, 0.15) is 0 Å². The minimum absolute atomic E-state index is 0.907. The smallest absolute Gasteiger partial charge is 0.0249 e. The van der Waals surface area contributed by atoms with Crippen molar-refractivity contribution < 1.29 is 0 Å². The molecular formula is C20H26. The Morgan fingerprint density at radius 2 is 1.90 bits per heavy atom. The Bertz CT molecular complexity index is 493. The fraction of sp³-hybridized carbons (Fsp3) is 0.500. The van der Waals surface area contributed by atoms with Crippen LogP contribution >= 0.6 is 0 Å². The topological polar surface area (TPSA) is 0 Å². The average Bonchev–Trinajstić information content (AvgIpc) is 2.52. The largest absolute Gasteiger partial charge is 0.0726 e. The van der Waals surface area contributed by atoms with Gasteiger partial charge in [0.25, 0.3) is 0 Å². The van der Waals surface area contributed by atoms with E-state index in [-0.39, 0.29) is 0 Å². The minimum Gasteiger partial charge on any atom is -0.0726 e. The summed E-state index contributed by atoms with van der Waals surface area (Å²) in [6, 6.07) is 8.64. The molecule has 0 aliphatic heterocycles. The lowest BCUT2D eigenvalue weighted by Gasteiger charge is -2.19. The van der Waals surface area contributed by atoms with Crippen LogP contribution in [0.4, 0.5) is 0 Å². The Hall–Kier alpha value is -1.48. The molecule has 1 aliphatic rings. The van der Waals surface area contributed by atoms with E-state index in [9.17, 15) is 0 Å². The highest BCUT2D eigenvalue weighted by Crippen LogP contribution is 2.27. The first-order valence-electron chi connectivity index (χ1n) is 8.11. The van der Waals surface area contributed by atoms with E-state index in [0.29, 0.717) is 0 Å². The molecule has 0 radical (unpaired) electrons. The van der Waals surface area contributed by atoms with Crippen molar-refractivity contribution in [1.29, 1.82) is 0 Å². The van der Waals surface area contributed by atoms with Crippen LogP contribution in [0.2, 0.25) is 0 Å². The molecule has 1 aromatic rings. The van der Waals surface area contributed by atoms with E-state index in [2.05, 4.69) is 56.0 Å². The van der Waals surface area contributed by atoms with Crippen LogP contribution < -0.4 is 0 Å². The van der Waals surface area contributed by atoms with Crippen molar-refractivity contribution in [2.75, 3.05) is 0 Å². The first-order valence-corrected chi connectivity index (χ1v) is 8.11. The first kappa shape index (κ1) is 14.9. The van der Waals surface area contributed by atoms with Crippen molar-refractivity contribution in [3.8, 4) is 11.8 Å². The Kier molecular flexibility index (Phi) is 5.93. The maximum atomic E-state index is 3.36. The Balaban J connectivity index is 1.91. The molecule has 106 valence electrons. The molecule has 0 heterocycles. The summed E-state index contributed by atoms with van der Waals surface area (Å²) in [6.07, 6.45) is 11.3. The van der Waals surface area contributed by atoms with E-state index in [1.165, 1.54) is 49.7 Å². The van der Waals surface area contributed by atoms with Crippen molar-refractivity contribution in [1.82, 2.24) is 0 Å². The van der Waals surface area contributed by atoms with Gasteiger partial charge in [-0.2, -0.15) is 0 Å². The summed E-state index contributed by atoms with van der Waals surface area (Å²) < 4.78 is 0. The lowest BCUT2D eigenvalue weighted by Crippen LogP contribution is -2.05. The zero-order valence-corrected chi connectivity index (χ0v) is 12.9. The minimum atomic E-state index is 0.907. The van der Waals surface area contributed by atoms with E-state index in [1.54, 1.807) is 0 Å². The van der Waals surface area contributed by atoms with Crippen molar-refractivity contribution in [3.63, 3.8) is 0 Å². The predicted molar refractivity (Wildman–Crippen MR) is 87.6 cm³/mol. The molecule has 0 aromatic heterocycles. The summed E-state index contributed by atoms with van der Waals surface area (Å²) in [4.78, 5) is 0. The molecule has 2 rings (SSSR count). The van der Waals surface area contributed by atoms with Gasteiger partial charge in [0.05, 0.1) is 0 Å². The standard InChI is InChI=1S/C20H26/c1-3-5-6-18-11-13-20(14-12-18)16-15-19-9-7-17(4-2)8-10-19/h7-10,13,18H,3-6,11-12,14H2,1-2H3. The van der Waals surface area contributed by atoms with Crippen LogP contribution in [0.15, 0.2) is 35.9 Å². The molecule has 0 amide bonds. The second-order valence-electron chi connectivity index (χ2n) is 5.81. The number of benzene rings is 1. The average molecular weight is 266 g/mol. The van der Waals surface area contributed by atoms with Crippen LogP contribution in [-0.4, -0.2) is 0 Å². The van der Waals surface area contributed by atoms with Gasteiger partial charge in [-0.1, -0.05) is 63.2 Å². The maximum Gasteiger partial charge on any atom is 0.0249 e. The van der Waals surface area contributed by atoms with Crippen LogP contribution in [0.5, 0.6) is 0 Å². The first-order chi connectivity index (χ1) is 9.81. The van der Waals surface area contributed by atoms with Crippen molar-refractivity contribution >= 4 is 0 Å². The summed E-state index contributed by atoms with van der Waals surface area (Å²) in [5.41, 5.74) is 3.86. The lowest BCUT2D eigenvalue weighted by atomic mass is 9.86. The van der Waals surface area contributed by atoms with Gasteiger partial charge in [-0.05, 0) is 54.9 Å². The van der Waals surface area contributed by atoms with Gasteiger partial charge in [0.2, 0.25) is 0 Å². The fourth-order valence-electron chi connectivity index (χ4n) is 2.73. The number of allylic oxidation sites excluding steroid dienone is 2. The van der Waals surface area contributed by atoms with E-state index in [4.69, 9.17) is 0 Å². The molecule has 0 nitrogen and oxygen atoms in total. The monoisotopic (exact) mass is 266 g/mol. The van der Waals surface area contributed by atoms with Gasteiger partial charge in [0, 0.05) is 5.56 Å². The summed E-state index contributed by atoms with van der Waals surface area (Å²) >= 11 is 0. The van der Waals surface area contributed by atoms with Crippen molar-refractivity contribution in [2.24, 2.45) is 5.92 Å². The zero-order chi connectivity index (χ0) is 14.2. The second-order valence-corrected chi connectivity index (χ2v) is 5.81. The second kappa shape index (κ2) is 7.95. The SMILES string of the molecule is CCCCC1CC=C(C#Cc2ccc(CC)cc2)CC1. The molecule has 0 spiro atoms. The van der Waals surface area contributed by atoms with Gasteiger partial charge in [-0.25, -0.2) is 0 Å². The third kappa shape index (κ3) is 4.57. The zero-order valence-electron chi connectivity index (χ0n) is 12.9. The fourth-order valence-corrected chi connectivity index (χ4v) is 2.73. The van der Waals surface area contributed by atoms with Gasteiger partial charge in [-0.3, -0.25) is 0 Å². The van der Waals surface area contributed by atoms with Crippen molar-refractivity contribution in [2.45, 2.75) is 58.8 Å². The third-order valence-corrected chi connectivity index (χ3v) is 4.22. The highest BCUT2D eigenvalue weighted by atomic mass is 14.2. The van der Waals surface area contributed by atoms with Gasteiger partial charge in [-0.15, -0.1) is 0 Å². The van der Waals surface area contributed by atoms with Crippen LogP contribution in [0.3, 0.4) is 0 Å². The lowest BCUT2D eigenvalue weighted by molar-refractivity contribution is 0.425. The third-order valence-electron chi connectivity index (χ3n) is 4.22. The van der Waals surface area contributed by atoms with E-state index in [0.717, 1.165) is 17.9 Å². The molecule has 0 fully saturated rings. The van der Waals surface area contributed by atoms with Gasteiger partial charge >= 0.3 is 0 Å². The summed E-state index contributed by atoms with van der Waals surface area (Å²) in [5.74, 6) is 7.58. The summed E-state index contributed by atoms with van der Waals surface area (Å²) in [5, 5.41) is 0. The molecule has 1 aliphatic carbocycles. The summed E-state index contributed by atoms with van der Waals surface area (Å²) in [7, 11) is 0. The van der Waals surface area contributed by atoms with Crippen LogP contribution in [-0.2, 0) is 6.42 Å². The van der Waals surface area contributed by atoms with Crippen LogP contribution in [0.25, 0.3) is 0 Å². The van der Waals surface area contributed by atoms with E-state index >= 15 is 0 Å². The molecule has 0 N–H and O–H groups in total. The Morgan fingerprint density at radius 3 is 2.50 bits per heavy atom. The Morgan fingerprint density at radius 1 is 1.10 bits per heavy atom. The number of rotatable bonds is 4. The number of aryl methyl sites for hydroxylation is 1. The highest BCUT2D eigenvalue weighted by molar-refractivity contribution is 5.42. The van der Waals surface area contributed by atoms with Crippen LogP contribution in [0, 0.1) is 17.8 Å². The molecule has 0 saturated heterocycles. The summed E-state index contributed by atoms with van der Waals surface area (Å²) in [6.45, 7) is 4.46. The number of unbranched alkanes of at least 4 members (excludes halogenated alkanes) is 1. The van der Waals surface area contributed by atoms with E-state index in [1.807, 2.05) is 0 Å². The number of hydrogen-bond acceptors (Lipinski definition) is 0. The van der Waals surface area contributed by atoms with Crippen molar-refractivity contribution in [3.05, 3.63) is 47.0 Å². The molecule has 1 unspecified atom stereocenters. The maximum absolute atomic E-state index is 3.36. The van der Waals surface area contributed by atoms with Crippen LogP contribution in [0.1, 0.15) is 63.5 Å². The Labute approximate surface area is 124 Å².